The van der Waals surface area contributed by atoms with Crippen molar-refractivity contribution >= 4 is 12.4 Å². The van der Waals surface area contributed by atoms with Gasteiger partial charge in [-0.1, -0.05) is 12.7 Å². The van der Waals surface area contributed by atoms with Crippen molar-refractivity contribution in [2.24, 2.45) is 9.98 Å². The molecule has 0 aromatic heterocycles. The molecule has 0 spiro atoms. The summed E-state index contributed by atoms with van der Waals surface area (Å²) in [6.07, 6.45) is 6.84. The second kappa shape index (κ2) is 5.95. The molecule has 0 aliphatic carbocycles. The minimum Gasteiger partial charge on any atom is -0.296 e. The molecule has 10 heavy (non-hydrogen) atoms. The van der Waals surface area contributed by atoms with E-state index in [9.17, 15) is 0 Å². The Hall–Kier alpha value is -1.18. The predicted molar refractivity (Wildman–Crippen MR) is 46.9 cm³/mol. The summed E-state index contributed by atoms with van der Waals surface area (Å²) < 4.78 is 0. The molecule has 0 amide bonds. The minimum absolute atomic E-state index is 0.917. The van der Waals surface area contributed by atoms with Gasteiger partial charge in [0.1, 0.15) is 0 Å². The molecule has 0 bridgehead atoms. The van der Waals surface area contributed by atoms with Gasteiger partial charge in [0.2, 0.25) is 0 Å². The summed E-state index contributed by atoms with van der Waals surface area (Å²) in [5, 5.41) is 0. The van der Waals surface area contributed by atoms with Crippen molar-refractivity contribution in [3.05, 3.63) is 24.4 Å². The molecule has 0 heterocycles. The molecule has 0 saturated heterocycles. The first kappa shape index (κ1) is 8.82. The van der Waals surface area contributed by atoms with E-state index in [1.54, 1.807) is 31.8 Å². The van der Waals surface area contributed by atoms with Crippen molar-refractivity contribution in [2.75, 3.05) is 7.05 Å². The Balaban J connectivity index is 4.17. The lowest BCUT2D eigenvalue weighted by molar-refractivity contribution is 1.45. The lowest BCUT2D eigenvalue weighted by Gasteiger charge is -1.85. The van der Waals surface area contributed by atoms with Gasteiger partial charge in [0.15, 0.2) is 0 Å². The fourth-order valence-corrected chi connectivity index (χ4v) is 0.448. The topological polar surface area (TPSA) is 24.7 Å². The van der Waals surface area contributed by atoms with E-state index in [2.05, 4.69) is 16.6 Å². The monoisotopic (exact) mass is 136 g/mol. The third-order valence-corrected chi connectivity index (χ3v) is 0.887. The summed E-state index contributed by atoms with van der Waals surface area (Å²) in [6.45, 7) is 5.46. The Morgan fingerprint density at radius 1 is 1.50 bits per heavy atom. The second-order valence-corrected chi connectivity index (χ2v) is 1.63. The van der Waals surface area contributed by atoms with E-state index in [-0.39, 0.29) is 0 Å². The Morgan fingerprint density at radius 3 is 2.60 bits per heavy atom. The zero-order valence-electron chi connectivity index (χ0n) is 6.41. The summed E-state index contributed by atoms with van der Waals surface area (Å²) in [5.74, 6) is 0. The number of nitrogens with zero attached hydrogens (tertiary/aromatic N) is 2. The highest BCUT2D eigenvalue weighted by Gasteiger charge is 1.79. The van der Waals surface area contributed by atoms with Crippen LogP contribution in [0.1, 0.15) is 6.92 Å². The first-order valence-corrected chi connectivity index (χ1v) is 3.07. The van der Waals surface area contributed by atoms with Crippen LogP contribution in [0.25, 0.3) is 0 Å². The van der Waals surface area contributed by atoms with Gasteiger partial charge in [0.25, 0.3) is 0 Å². The molecule has 0 N–H and O–H groups in total. The fraction of sp³-hybridized carbons (Fsp3) is 0.250. The Morgan fingerprint density at radius 2 is 2.20 bits per heavy atom. The van der Waals surface area contributed by atoms with E-state index >= 15 is 0 Å². The minimum atomic E-state index is 0.917. The largest absolute Gasteiger partial charge is 0.296 e. The van der Waals surface area contributed by atoms with Gasteiger partial charge in [-0.3, -0.25) is 9.98 Å². The zero-order valence-corrected chi connectivity index (χ0v) is 6.41. The Kier molecular flexibility index (Phi) is 5.25. The summed E-state index contributed by atoms with van der Waals surface area (Å²) in [5.41, 5.74) is 0.917. The molecular formula is C8H12N2. The van der Waals surface area contributed by atoms with Gasteiger partial charge in [0, 0.05) is 31.2 Å². The molecule has 0 atom stereocenters. The maximum Gasteiger partial charge on any atom is 0.0351 e. The van der Waals surface area contributed by atoms with E-state index in [1.807, 2.05) is 6.92 Å². The zero-order chi connectivity index (χ0) is 7.82. The van der Waals surface area contributed by atoms with E-state index in [4.69, 9.17) is 0 Å². The molecule has 0 aliphatic rings. The number of aliphatic imine (C=N–C) groups is 2. The normalized spacial score (nSPS) is 13.2. The second-order valence-electron chi connectivity index (χ2n) is 1.63. The van der Waals surface area contributed by atoms with Crippen molar-refractivity contribution in [3.8, 4) is 0 Å². The average molecular weight is 136 g/mol. The summed E-state index contributed by atoms with van der Waals surface area (Å²) in [6, 6.07) is 0. The SMILES string of the molecule is C=CC(C=NC)=CN=CC. The van der Waals surface area contributed by atoms with Gasteiger partial charge in [-0.25, -0.2) is 0 Å². The fourth-order valence-electron chi connectivity index (χ4n) is 0.448. The van der Waals surface area contributed by atoms with E-state index < -0.39 is 0 Å². The van der Waals surface area contributed by atoms with Gasteiger partial charge in [-0.15, -0.1) is 0 Å². The maximum absolute atomic E-state index is 3.91. The molecule has 2 nitrogen and oxygen atoms in total. The summed E-state index contributed by atoms with van der Waals surface area (Å²) in [4.78, 5) is 7.73. The van der Waals surface area contributed by atoms with Gasteiger partial charge in [-0.05, 0) is 6.92 Å². The molecule has 0 saturated carbocycles. The Bertz CT molecular complexity index is 176. The number of hydrogen-bond donors (Lipinski definition) is 0. The molecule has 2 heteroatoms. The molecule has 0 aromatic rings. The molecule has 0 rings (SSSR count). The van der Waals surface area contributed by atoms with E-state index in [0.717, 1.165) is 5.57 Å². The first-order chi connectivity index (χ1) is 4.85. The smallest absolute Gasteiger partial charge is 0.0351 e. The van der Waals surface area contributed by atoms with Crippen LogP contribution in [-0.2, 0) is 0 Å². The van der Waals surface area contributed by atoms with Gasteiger partial charge >= 0.3 is 0 Å². The highest BCUT2D eigenvalue weighted by molar-refractivity contribution is 5.82. The van der Waals surface area contributed by atoms with Crippen LogP contribution >= 0.6 is 0 Å². The number of hydrogen-bond acceptors (Lipinski definition) is 2. The number of rotatable bonds is 3. The molecule has 0 aliphatic heterocycles. The molecule has 0 aromatic carbocycles. The van der Waals surface area contributed by atoms with Crippen molar-refractivity contribution in [1.29, 1.82) is 0 Å². The van der Waals surface area contributed by atoms with Crippen LogP contribution in [0.2, 0.25) is 0 Å². The van der Waals surface area contributed by atoms with Gasteiger partial charge in [0.05, 0.1) is 0 Å². The third kappa shape index (κ3) is 3.78. The molecule has 0 unspecified atom stereocenters. The lowest BCUT2D eigenvalue weighted by Crippen LogP contribution is -1.76. The quantitative estimate of drug-likeness (QED) is 0.418. The van der Waals surface area contributed by atoms with Crippen LogP contribution in [0.3, 0.4) is 0 Å². The standard InChI is InChI=1S/C8H12N2/c1-4-8(6-9-3)7-10-5-2/h4-7H,1H2,2-3H3. The molecule has 0 radical (unpaired) electrons. The van der Waals surface area contributed by atoms with Crippen LogP contribution in [0.15, 0.2) is 34.4 Å². The lowest BCUT2D eigenvalue weighted by atomic mass is 10.3. The highest BCUT2D eigenvalue weighted by atomic mass is 14.7. The van der Waals surface area contributed by atoms with Crippen molar-refractivity contribution in [2.45, 2.75) is 6.92 Å². The highest BCUT2D eigenvalue weighted by Crippen LogP contribution is 1.90. The van der Waals surface area contributed by atoms with Crippen LogP contribution in [-0.4, -0.2) is 19.5 Å². The molecule has 54 valence electrons. The van der Waals surface area contributed by atoms with Crippen molar-refractivity contribution < 1.29 is 0 Å². The average Bonchev–Trinajstić information content (AvgIpc) is 1.98. The summed E-state index contributed by atoms with van der Waals surface area (Å²) in [7, 11) is 1.72. The number of allylic oxidation sites excluding steroid dienone is 2. The van der Waals surface area contributed by atoms with Crippen LogP contribution in [0.4, 0.5) is 0 Å². The van der Waals surface area contributed by atoms with Crippen molar-refractivity contribution in [1.82, 2.24) is 0 Å². The predicted octanol–water partition coefficient (Wildman–Crippen LogP) is 1.85. The van der Waals surface area contributed by atoms with Crippen LogP contribution < -0.4 is 0 Å². The Labute approximate surface area is 61.7 Å². The van der Waals surface area contributed by atoms with E-state index in [0.29, 0.717) is 0 Å². The van der Waals surface area contributed by atoms with Gasteiger partial charge in [-0.2, -0.15) is 0 Å². The van der Waals surface area contributed by atoms with E-state index in [1.165, 1.54) is 0 Å². The molecular weight excluding hydrogens is 124 g/mol. The van der Waals surface area contributed by atoms with Crippen LogP contribution in [0, 0.1) is 0 Å². The third-order valence-electron chi connectivity index (χ3n) is 0.887. The van der Waals surface area contributed by atoms with Gasteiger partial charge < -0.3 is 0 Å². The maximum atomic E-state index is 3.91. The van der Waals surface area contributed by atoms with Crippen molar-refractivity contribution in [3.63, 3.8) is 0 Å². The summed E-state index contributed by atoms with van der Waals surface area (Å²) >= 11 is 0. The first-order valence-electron chi connectivity index (χ1n) is 3.07. The van der Waals surface area contributed by atoms with Crippen LogP contribution in [0.5, 0.6) is 0 Å². The molecule has 0 fully saturated rings.